The summed E-state index contributed by atoms with van der Waals surface area (Å²) in [5, 5.41) is 16.1. The van der Waals surface area contributed by atoms with E-state index < -0.39 is 17.9 Å². The second kappa shape index (κ2) is 10.3. The zero-order chi connectivity index (χ0) is 24.9. The predicted molar refractivity (Wildman–Crippen MR) is 141 cm³/mol. The second-order valence-corrected chi connectivity index (χ2v) is 8.68. The Labute approximate surface area is 209 Å². The molecule has 0 aliphatic heterocycles. The Morgan fingerprint density at radius 1 is 0.722 bits per heavy atom. The summed E-state index contributed by atoms with van der Waals surface area (Å²) in [4.78, 5) is 25.5. The number of hydrogen-bond donors (Lipinski definition) is 2. The number of amides is 1. The van der Waals surface area contributed by atoms with Crippen LogP contribution < -0.4 is 10.1 Å². The van der Waals surface area contributed by atoms with E-state index in [1.165, 1.54) is 0 Å². The van der Waals surface area contributed by atoms with E-state index in [-0.39, 0.29) is 6.42 Å². The molecule has 0 spiro atoms. The van der Waals surface area contributed by atoms with Crippen molar-refractivity contribution in [3.8, 4) is 5.75 Å². The molecule has 1 atom stereocenters. The van der Waals surface area contributed by atoms with Crippen LogP contribution in [0.1, 0.15) is 21.5 Å². The van der Waals surface area contributed by atoms with Crippen LogP contribution in [0.2, 0.25) is 0 Å². The van der Waals surface area contributed by atoms with Gasteiger partial charge >= 0.3 is 5.97 Å². The van der Waals surface area contributed by atoms with Crippen molar-refractivity contribution in [2.45, 2.75) is 19.1 Å². The quantitative estimate of drug-likeness (QED) is 0.270. The van der Waals surface area contributed by atoms with Gasteiger partial charge in [-0.2, -0.15) is 0 Å². The van der Waals surface area contributed by atoms with E-state index in [0.717, 1.165) is 32.7 Å². The van der Waals surface area contributed by atoms with Crippen LogP contribution in [0, 0.1) is 0 Å². The molecule has 0 saturated carbocycles. The van der Waals surface area contributed by atoms with Crippen molar-refractivity contribution in [1.29, 1.82) is 0 Å². The van der Waals surface area contributed by atoms with Crippen molar-refractivity contribution in [2.24, 2.45) is 0 Å². The third-order valence-corrected chi connectivity index (χ3v) is 6.21. The Morgan fingerprint density at radius 2 is 1.31 bits per heavy atom. The number of rotatable bonds is 8. The summed E-state index contributed by atoms with van der Waals surface area (Å²) in [5.74, 6) is -0.795. The number of carbonyl (C=O) groups is 2. The molecule has 5 heteroatoms. The molecule has 5 aromatic rings. The normalized spacial score (nSPS) is 11.8. The van der Waals surface area contributed by atoms with Gasteiger partial charge in [-0.1, -0.05) is 91.0 Å². The van der Waals surface area contributed by atoms with Crippen LogP contribution in [0.25, 0.3) is 21.5 Å². The second-order valence-electron chi connectivity index (χ2n) is 8.68. The van der Waals surface area contributed by atoms with Crippen LogP contribution in [0.3, 0.4) is 0 Å². The molecule has 1 amide bonds. The van der Waals surface area contributed by atoms with Gasteiger partial charge in [-0.15, -0.1) is 0 Å². The van der Waals surface area contributed by atoms with E-state index in [9.17, 15) is 14.7 Å². The van der Waals surface area contributed by atoms with E-state index in [1.54, 1.807) is 0 Å². The van der Waals surface area contributed by atoms with Crippen molar-refractivity contribution >= 4 is 33.4 Å². The first-order valence-electron chi connectivity index (χ1n) is 11.8. The first kappa shape index (κ1) is 23.1. The predicted octanol–water partition coefficient (Wildman–Crippen LogP) is 6.00. The summed E-state index contributed by atoms with van der Waals surface area (Å²) in [7, 11) is 0. The van der Waals surface area contributed by atoms with Gasteiger partial charge in [0.1, 0.15) is 18.4 Å². The monoisotopic (exact) mass is 475 g/mol. The van der Waals surface area contributed by atoms with Gasteiger partial charge in [0.05, 0.1) is 5.56 Å². The molecule has 0 aliphatic rings. The van der Waals surface area contributed by atoms with E-state index in [1.807, 2.05) is 109 Å². The number of ether oxygens (including phenoxy) is 1. The van der Waals surface area contributed by atoms with Crippen LogP contribution in [0.5, 0.6) is 5.75 Å². The zero-order valence-electron chi connectivity index (χ0n) is 19.6. The minimum absolute atomic E-state index is 0.155. The van der Waals surface area contributed by atoms with Gasteiger partial charge < -0.3 is 15.2 Å². The van der Waals surface area contributed by atoms with Gasteiger partial charge in [-0.3, -0.25) is 4.79 Å². The number of nitrogens with one attached hydrogen (secondary N) is 1. The van der Waals surface area contributed by atoms with Crippen LogP contribution in [-0.2, 0) is 17.8 Å². The number of carbonyl (C=O) groups excluding carboxylic acids is 1. The number of hydrogen-bond acceptors (Lipinski definition) is 3. The first-order chi connectivity index (χ1) is 17.6. The van der Waals surface area contributed by atoms with Crippen LogP contribution in [-0.4, -0.2) is 23.0 Å². The van der Waals surface area contributed by atoms with Crippen molar-refractivity contribution in [2.75, 3.05) is 0 Å². The molecule has 0 heterocycles. The Bertz CT molecular complexity index is 1470. The number of aliphatic carboxylic acids is 1. The molecule has 0 radical (unpaired) electrons. The standard InChI is InChI=1S/C31H25NO4/c33-30(29-26-12-6-4-10-23(26)19-24-11-5-7-13-27(24)29)32-28(31(34)35)18-21-14-16-25(17-15-21)36-20-22-8-2-1-3-9-22/h1-17,19,28H,18,20H2,(H,32,33)(H,34,35)/t28-/m0/s1. The topological polar surface area (TPSA) is 75.6 Å². The smallest absolute Gasteiger partial charge is 0.326 e. The molecule has 0 aliphatic carbocycles. The number of benzene rings is 5. The average molecular weight is 476 g/mol. The highest BCUT2D eigenvalue weighted by atomic mass is 16.5. The Morgan fingerprint density at radius 3 is 1.92 bits per heavy atom. The molecular formula is C31H25NO4. The maximum Gasteiger partial charge on any atom is 0.326 e. The molecule has 5 nitrogen and oxygen atoms in total. The summed E-state index contributed by atoms with van der Waals surface area (Å²) in [6.07, 6.45) is 0.155. The summed E-state index contributed by atoms with van der Waals surface area (Å²) in [6.45, 7) is 0.451. The number of fused-ring (bicyclic) bond motifs is 2. The van der Waals surface area contributed by atoms with Crippen LogP contribution >= 0.6 is 0 Å². The van der Waals surface area contributed by atoms with E-state index in [0.29, 0.717) is 17.9 Å². The lowest BCUT2D eigenvalue weighted by Crippen LogP contribution is -2.42. The van der Waals surface area contributed by atoms with Gasteiger partial charge in [0.15, 0.2) is 0 Å². The van der Waals surface area contributed by atoms with E-state index in [2.05, 4.69) is 5.32 Å². The van der Waals surface area contributed by atoms with Crippen molar-refractivity contribution in [3.63, 3.8) is 0 Å². The Kier molecular flexibility index (Phi) is 6.63. The van der Waals surface area contributed by atoms with Gasteiger partial charge in [-0.25, -0.2) is 4.79 Å². The minimum Gasteiger partial charge on any atom is -0.489 e. The molecule has 0 fully saturated rings. The molecule has 5 rings (SSSR count). The van der Waals surface area contributed by atoms with Crippen molar-refractivity contribution in [3.05, 3.63) is 126 Å². The Hall–Kier alpha value is -4.64. The Balaban J connectivity index is 1.34. The highest BCUT2D eigenvalue weighted by Crippen LogP contribution is 2.28. The molecule has 0 saturated heterocycles. The molecule has 0 unspecified atom stereocenters. The lowest BCUT2D eigenvalue weighted by Gasteiger charge is -2.17. The molecular weight excluding hydrogens is 450 g/mol. The van der Waals surface area contributed by atoms with E-state index >= 15 is 0 Å². The maximum absolute atomic E-state index is 13.5. The number of carboxylic acid groups (broad SMARTS) is 1. The van der Waals surface area contributed by atoms with Crippen molar-refractivity contribution < 1.29 is 19.4 Å². The molecule has 5 aromatic carbocycles. The minimum atomic E-state index is -1.09. The lowest BCUT2D eigenvalue weighted by atomic mass is 9.95. The van der Waals surface area contributed by atoms with Gasteiger partial charge in [0, 0.05) is 6.42 Å². The summed E-state index contributed by atoms with van der Waals surface area (Å²) < 4.78 is 5.82. The van der Waals surface area contributed by atoms with E-state index in [4.69, 9.17) is 4.74 Å². The van der Waals surface area contributed by atoms with Gasteiger partial charge in [0.2, 0.25) is 0 Å². The fourth-order valence-electron chi connectivity index (χ4n) is 4.39. The van der Waals surface area contributed by atoms with Crippen LogP contribution in [0.4, 0.5) is 0 Å². The fraction of sp³-hybridized carbons (Fsp3) is 0.0968. The summed E-state index contributed by atoms with van der Waals surface area (Å²) in [5.41, 5.74) is 2.34. The fourth-order valence-corrected chi connectivity index (χ4v) is 4.39. The first-order valence-corrected chi connectivity index (χ1v) is 11.8. The van der Waals surface area contributed by atoms with Gasteiger partial charge in [0.25, 0.3) is 5.91 Å². The highest BCUT2D eigenvalue weighted by molar-refractivity contribution is 6.18. The molecule has 36 heavy (non-hydrogen) atoms. The maximum atomic E-state index is 13.5. The van der Waals surface area contributed by atoms with Crippen LogP contribution in [0.15, 0.2) is 109 Å². The highest BCUT2D eigenvalue weighted by Gasteiger charge is 2.23. The third-order valence-electron chi connectivity index (χ3n) is 6.21. The van der Waals surface area contributed by atoms with Crippen molar-refractivity contribution in [1.82, 2.24) is 5.32 Å². The lowest BCUT2D eigenvalue weighted by molar-refractivity contribution is -0.139. The average Bonchev–Trinajstić information content (AvgIpc) is 2.91. The summed E-state index contributed by atoms with van der Waals surface area (Å²) in [6, 6.07) is 33.4. The zero-order valence-corrected chi connectivity index (χ0v) is 19.6. The molecule has 0 bridgehead atoms. The largest absolute Gasteiger partial charge is 0.489 e. The third kappa shape index (κ3) is 5.05. The van der Waals surface area contributed by atoms with Gasteiger partial charge in [-0.05, 0) is 50.9 Å². The molecule has 0 aromatic heterocycles. The summed E-state index contributed by atoms with van der Waals surface area (Å²) >= 11 is 0. The SMILES string of the molecule is O=C(N[C@@H](Cc1ccc(OCc2ccccc2)cc1)C(=O)O)c1c2ccccc2cc2ccccc12. The molecule has 178 valence electrons. The number of carboxylic acids is 1. The molecule has 2 N–H and O–H groups in total.